The molecule has 2 fully saturated rings. The Labute approximate surface area is 190 Å². The highest BCUT2D eigenvalue weighted by Crippen LogP contribution is 2.37. The number of aromatic nitrogens is 3. The van der Waals surface area contributed by atoms with E-state index in [1.54, 1.807) is 20.2 Å². The lowest BCUT2D eigenvalue weighted by molar-refractivity contribution is -0.119. The molecular weight excluding hydrogens is 404 g/mol. The number of rotatable bonds is 7. The molecule has 1 amide bonds. The molecule has 0 unspecified atom stereocenters. The molecule has 0 aromatic carbocycles. The predicted octanol–water partition coefficient (Wildman–Crippen LogP) is 4.53. The number of pyridine rings is 1. The molecule has 0 bridgehead atoms. The summed E-state index contributed by atoms with van der Waals surface area (Å²) in [6.45, 7) is 1.59. The molecule has 0 spiro atoms. The number of anilines is 3. The molecule has 2 aliphatic carbocycles. The first-order chi connectivity index (χ1) is 15.6. The van der Waals surface area contributed by atoms with Gasteiger partial charge in [-0.1, -0.05) is 19.3 Å². The summed E-state index contributed by atoms with van der Waals surface area (Å²) in [7, 11) is 1.60. The molecule has 3 N–H and O–H groups in total. The summed E-state index contributed by atoms with van der Waals surface area (Å²) in [5.74, 6) is 2.62. The average molecular weight is 439 g/mol. The van der Waals surface area contributed by atoms with Gasteiger partial charge in [-0.2, -0.15) is 4.98 Å². The molecular formula is C24H34N6O2. The van der Waals surface area contributed by atoms with Gasteiger partial charge in [-0.25, -0.2) is 9.97 Å². The fraction of sp³-hybridized carbons (Fsp3) is 0.583. The van der Waals surface area contributed by atoms with Crippen LogP contribution in [0.1, 0.15) is 76.2 Å². The largest absolute Gasteiger partial charge is 0.481 e. The maximum absolute atomic E-state index is 11.4. The summed E-state index contributed by atoms with van der Waals surface area (Å²) in [6, 6.07) is 4.34. The van der Waals surface area contributed by atoms with Crippen molar-refractivity contribution in [3.63, 3.8) is 0 Å². The number of nitrogens with one attached hydrogen (secondary N) is 3. The normalized spacial score (nSPS) is 21.6. The van der Waals surface area contributed by atoms with Crippen LogP contribution in [-0.2, 0) is 4.79 Å². The second kappa shape index (κ2) is 10.6. The third kappa shape index (κ3) is 5.87. The van der Waals surface area contributed by atoms with E-state index in [2.05, 4.69) is 25.9 Å². The Kier molecular flexibility index (Phi) is 7.39. The topological polar surface area (TPSA) is 101 Å². The van der Waals surface area contributed by atoms with Crippen LogP contribution in [0.4, 0.5) is 17.5 Å². The first kappa shape index (κ1) is 22.3. The fourth-order valence-electron chi connectivity index (χ4n) is 4.87. The van der Waals surface area contributed by atoms with E-state index in [4.69, 9.17) is 9.72 Å². The number of carbonyl (C=O) groups is 1. The summed E-state index contributed by atoms with van der Waals surface area (Å²) in [4.78, 5) is 25.0. The second-order valence-electron chi connectivity index (χ2n) is 8.94. The van der Waals surface area contributed by atoms with E-state index in [9.17, 15) is 4.79 Å². The lowest BCUT2D eigenvalue weighted by atomic mass is 9.84. The van der Waals surface area contributed by atoms with Crippen molar-refractivity contribution >= 4 is 23.4 Å². The van der Waals surface area contributed by atoms with E-state index >= 15 is 0 Å². The SMILES string of the molecule is COc1cc(Nc2ncc(C3CCCCC3)c(NC3CCC(NC(C)=O)CC3)n2)ccn1. The maximum atomic E-state index is 11.4. The summed E-state index contributed by atoms with van der Waals surface area (Å²) < 4.78 is 5.22. The number of nitrogens with zero attached hydrogens (tertiary/aromatic N) is 3. The molecule has 0 atom stereocenters. The van der Waals surface area contributed by atoms with Crippen LogP contribution in [0.5, 0.6) is 5.88 Å². The van der Waals surface area contributed by atoms with Crippen LogP contribution >= 0.6 is 0 Å². The van der Waals surface area contributed by atoms with Crippen molar-refractivity contribution in [1.29, 1.82) is 0 Å². The van der Waals surface area contributed by atoms with Crippen molar-refractivity contribution in [3.05, 3.63) is 30.1 Å². The molecule has 0 radical (unpaired) electrons. The standard InChI is InChI=1S/C24H34N6O2/c1-16(31)27-18-8-10-19(11-9-18)28-23-21(17-6-4-3-5-7-17)15-26-24(30-23)29-20-12-13-25-22(14-20)32-2/h12-15,17-19H,3-11H2,1-2H3,(H,27,31)(H2,25,26,28,29,30). The van der Waals surface area contributed by atoms with Crippen LogP contribution in [0, 0.1) is 0 Å². The van der Waals surface area contributed by atoms with Gasteiger partial charge in [-0.15, -0.1) is 0 Å². The zero-order chi connectivity index (χ0) is 22.3. The van der Waals surface area contributed by atoms with E-state index < -0.39 is 0 Å². The Morgan fingerprint density at radius 2 is 1.78 bits per heavy atom. The molecule has 0 aliphatic heterocycles. The molecule has 172 valence electrons. The van der Waals surface area contributed by atoms with E-state index in [-0.39, 0.29) is 11.9 Å². The minimum Gasteiger partial charge on any atom is -0.481 e. The molecule has 32 heavy (non-hydrogen) atoms. The van der Waals surface area contributed by atoms with Crippen molar-refractivity contribution in [2.75, 3.05) is 17.7 Å². The van der Waals surface area contributed by atoms with Crippen LogP contribution in [-0.4, -0.2) is 40.1 Å². The van der Waals surface area contributed by atoms with Gasteiger partial charge in [0.05, 0.1) is 7.11 Å². The first-order valence-electron chi connectivity index (χ1n) is 11.8. The third-order valence-corrected chi connectivity index (χ3v) is 6.54. The Morgan fingerprint density at radius 3 is 2.50 bits per heavy atom. The van der Waals surface area contributed by atoms with Gasteiger partial charge in [0.15, 0.2) is 0 Å². The smallest absolute Gasteiger partial charge is 0.229 e. The summed E-state index contributed by atoms with van der Waals surface area (Å²) in [5, 5.41) is 10.1. The summed E-state index contributed by atoms with van der Waals surface area (Å²) in [5.41, 5.74) is 2.07. The number of methoxy groups -OCH3 is 1. The molecule has 2 heterocycles. The number of carbonyl (C=O) groups excluding carboxylic acids is 1. The molecule has 2 aromatic rings. The van der Waals surface area contributed by atoms with Crippen LogP contribution < -0.4 is 20.7 Å². The number of hydrogen-bond donors (Lipinski definition) is 3. The van der Waals surface area contributed by atoms with Gasteiger partial charge in [0.2, 0.25) is 17.7 Å². The second-order valence-corrected chi connectivity index (χ2v) is 8.94. The minimum absolute atomic E-state index is 0.0558. The number of amides is 1. The van der Waals surface area contributed by atoms with E-state index in [1.807, 2.05) is 18.3 Å². The van der Waals surface area contributed by atoms with Crippen LogP contribution in [0.25, 0.3) is 0 Å². The van der Waals surface area contributed by atoms with Crippen LogP contribution in [0.3, 0.4) is 0 Å². The number of ether oxygens (including phenoxy) is 1. The van der Waals surface area contributed by atoms with Gasteiger partial charge in [-0.3, -0.25) is 4.79 Å². The Hall–Kier alpha value is -2.90. The highest BCUT2D eigenvalue weighted by Gasteiger charge is 2.25. The lowest BCUT2D eigenvalue weighted by Crippen LogP contribution is -2.39. The molecule has 2 saturated carbocycles. The van der Waals surface area contributed by atoms with Gasteiger partial charge >= 0.3 is 0 Å². The zero-order valence-corrected chi connectivity index (χ0v) is 19.1. The summed E-state index contributed by atoms with van der Waals surface area (Å²) in [6.07, 6.45) is 13.9. The van der Waals surface area contributed by atoms with Gasteiger partial charge in [0.25, 0.3) is 0 Å². The van der Waals surface area contributed by atoms with Crippen molar-refractivity contribution in [2.24, 2.45) is 0 Å². The predicted molar refractivity (Wildman–Crippen MR) is 125 cm³/mol. The molecule has 2 aromatic heterocycles. The van der Waals surface area contributed by atoms with Gasteiger partial charge in [-0.05, 0) is 50.5 Å². The van der Waals surface area contributed by atoms with Gasteiger partial charge in [0.1, 0.15) is 5.82 Å². The fourth-order valence-corrected chi connectivity index (χ4v) is 4.87. The number of hydrogen-bond acceptors (Lipinski definition) is 7. The third-order valence-electron chi connectivity index (χ3n) is 6.54. The Bertz CT molecular complexity index is 907. The lowest BCUT2D eigenvalue weighted by Gasteiger charge is -2.31. The highest BCUT2D eigenvalue weighted by atomic mass is 16.5. The van der Waals surface area contributed by atoms with Crippen molar-refractivity contribution < 1.29 is 9.53 Å². The Balaban J connectivity index is 1.50. The van der Waals surface area contributed by atoms with Crippen molar-refractivity contribution in [3.8, 4) is 5.88 Å². The monoisotopic (exact) mass is 438 g/mol. The molecule has 8 nitrogen and oxygen atoms in total. The quantitative estimate of drug-likeness (QED) is 0.584. The van der Waals surface area contributed by atoms with E-state index in [1.165, 1.54) is 37.7 Å². The zero-order valence-electron chi connectivity index (χ0n) is 19.1. The van der Waals surface area contributed by atoms with E-state index in [0.29, 0.717) is 23.8 Å². The van der Waals surface area contributed by atoms with Crippen molar-refractivity contribution in [2.45, 2.75) is 82.7 Å². The van der Waals surface area contributed by atoms with E-state index in [0.717, 1.165) is 37.2 Å². The van der Waals surface area contributed by atoms with Crippen LogP contribution in [0.15, 0.2) is 24.5 Å². The summed E-state index contributed by atoms with van der Waals surface area (Å²) >= 11 is 0. The van der Waals surface area contributed by atoms with Crippen LogP contribution in [0.2, 0.25) is 0 Å². The molecule has 4 rings (SSSR count). The Morgan fingerprint density at radius 1 is 1.03 bits per heavy atom. The maximum Gasteiger partial charge on any atom is 0.229 e. The average Bonchev–Trinajstić information content (AvgIpc) is 2.81. The highest BCUT2D eigenvalue weighted by molar-refractivity contribution is 5.73. The van der Waals surface area contributed by atoms with Gasteiger partial charge in [0, 0.05) is 48.7 Å². The van der Waals surface area contributed by atoms with Crippen molar-refractivity contribution in [1.82, 2.24) is 20.3 Å². The minimum atomic E-state index is 0.0558. The van der Waals surface area contributed by atoms with Gasteiger partial charge < -0.3 is 20.7 Å². The molecule has 0 saturated heterocycles. The molecule has 2 aliphatic rings. The first-order valence-corrected chi connectivity index (χ1v) is 11.8. The molecule has 8 heteroatoms.